The van der Waals surface area contributed by atoms with Gasteiger partial charge in [0.25, 0.3) is 11.5 Å². The lowest BCUT2D eigenvalue weighted by molar-refractivity contribution is 0.0890. The molecule has 4 rings (SSSR count). The number of amides is 1. The van der Waals surface area contributed by atoms with Gasteiger partial charge in [0.15, 0.2) is 0 Å². The predicted molar refractivity (Wildman–Crippen MR) is 119 cm³/mol. The van der Waals surface area contributed by atoms with Crippen LogP contribution in [0, 0.1) is 29.0 Å². The Morgan fingerprint density at radius 2 is 2.28 bits per heavy atom. The Bertz CT molecular complexity index is 1250. The molecule has 0 radical (unpaired) electrons. The summed E-state index contributed by atoms with van der Waals surface area (Å²) in [6, 6.07) is 6.46. The maximum atomic E-state index is 13.3. The number of aromatic amines is 1. The van der Waals surface area contributed by atoms with Crippen LogP contribution >= 0.6 is 22.9 Å². The Morgan fingerprint density at radius 1 is 1.44 bits per heavy atom. The summed E-state index contributed by atoms with van der Waals surface area (Å²) >= 11 is 7.02. The molecular weight excluding hydrogens is 455 g/mol. The van der Waals surface area contributed by atoms with Crippen molar-refractivity contribution in [1.29, 1.82) is 5.26 Å². The Hall–Kier alpha value is -2.80. The van der Waals surface area contributed by atoms with Gasteiger partial charge in [0, 0.05) is 24.6 Å². The van der Waals surface area contributed by atoms with Crippen LogP contribution in [0.1, 0.15) is 41.0 Å². The molecule has 2 atom stereocenters. The quantitative estimate of drug-likeness (QED) is 0.534. The molecule has 1 aliphatic carbocycles. The van der Waals surface area contributed by atoms with E-state index in [9.17, 15) is 14.0 Å². The molecule has 0 aliphatic heterocycles. The van der Waals surface area contributed by atoms with Gasteiger partial charge in [-0.1, -0.05) is 17.7 Å². The summed E-state index contributed by atoms with van der Waals surface area (Å²) < 4.78 is 19.1. The zero-order chi connectivity index (χ0) is 22.7. The fraction of sp³-hybridized carbons (Fsp3) is 0.364. The minimum Gasteiger partial charge on any atom is -0.376 e. The second kappa shape index (κ2) is 9.77. The molecule has 0 saturated heterocycles. The minimum absolute atomic E-state index is 0.0316. The lowest BCUT2D eigenvalue weighted by Crippen LogP contribution is -2.27. The third-order valence-electron chi connectivity index (χ3n) is 5.51. The number of hydrogen-bond donors (Lipinski definition) is 2. The van der Waals surface area contributed by atoms with Crippen molar-refractivity contribution in [3.05, 3.63) is 61.7 Å². The highest BCUT2D eigenvalue weighted by molar-refractivity contribution is 7.16. The van der Waals surface area contributed by atoms with Crippen LogP contribution in [0.25, 0.3) is 10.2 Å². The van der Waals surface area contributed by atoms with E-state index in [-0.39, 0.29) is 29.9 Å². The number of benzene rings is 1. The first-order chi connectivity index (χ1) is 15.4. The molecule has 1 fully saturated rings. The number of carbonyl (C=O) groups excluding carboxylic acids is 1. The lowest BCUT2D eigenvalue weighted by atomic mass is 10.1. The molecule has 1 amide bonds. The third-order valence-corrected chi connectivity index (χ3v) is 6.72. The number of nitrogens with zero attached hydrogens (tertiary/aromatic N) is 2. The number of nitrogens with one attached hydrogen (secondary N) is 2. The van der Waals surface area contributed by atoms with Gasteiger partial charge in [-0.25, -0.2) is 9.37 Å². The fourth-order valence-electron chi connectivity index (χ4n) is 3.82. The summed E-state index contributed by atoms with van der Waals surface area (Å²) in [4.78, 5) is 32.3. The van der Waals surface area contributed by atoms with Crippen LogP contribution in [-0.4, -0.2) is 22.5 Å². The first-order valence-corrected chi connectivity index (χ1v) is 11.4. The van der Waals surface area contributed by atoms with Gasteiger partial charge in [-0.3, -0.25) is 9.59 Å². The van der Waals surface area contributed by atoms with Crippen molar-refractivity contribution in [3.8, 4) is 6.07 Å². The number of ether oxygens (including phenoxy) is 1. The highest BCUT2D eigenvalue weighted by Crippen LogP contribution is 2.31. The van der Waals surface area contributed by atoms with Crippen LogP contribution < -0.4 is 10.9 Å². The SMILES string of the molecule is N#CC1CCC(COCc2csc3nc(C(=O)NCc4ccc(F)c(Cl)c4)[nH]c(=O)c23)C1. The van der Waals surface area contributed by atoms with Crippen LogP contribution in [0.4, 0.5) is 4.39 Å². The van der Waals surface area contributed by atoms with Crippen LogP contribution in [0.5, 0.6) is 0 Å². The van der Waals surface area contributed by atoms with E-state index in [2.05, 4.69) is 21.4 Å². The number of carbonyl (C=O) groups is 1. The maximum absolute atomic E-state index is 13.3. The van der Waals surface area contributed by atoms with E-state index in [4.69, 9.17) is 21.6 Å². The summed E-state index contributed by atoms with van der Waals surface area (Å²) in [6.45, 7) is 0.933. The molecule has 1 aromatic carbocycles. The van der Waals surface area contributed by atoms with Crippen molar-refractivity contribution in [2.24, 2.45) is 11.8 Å². The summed E-state index contributed by atoms with van der Waals surface area (Å²) in [5.74, 6) is -0.706. The van der Waals surface area contributed by atoms with Gasteiger partial charge in [-0.2, -0.15) is 5.26 Å². The lowest BCUT2D eigenvalue weighted by Gasteiger charge is -2.09. The molecule has 7 nitrogen and oxygen atoms in total. The molecule has 3 aromatic rings. The van der Waals surface area contributed by atoms with Crippen LogP contribution in [0.3, 0.4) is 0 Å². The molecule has 2 aromatic heterocycles. The second-order valence-corrected chi connectivity index (χ2v) is 9.07. The van der Waals surface area contributed by atoms with Gasteiger partial charge in [0.1, 0.15) is 10.6 Å². The van der Waals surface area contributed by atoms with E-state index in [0.29, 0.717) is 28.3 Å². The molecule has 2 heterocycles. The molecule has 2 N–H and O–H groups in total. The molecule has 0 spiro atoms. The molecule has 2 unspecified atom stereocenters. The fourth-order valence-corrected chi connectivity index (χ4v) is 4.94. The molecule has 1 saturated carbocycles. The Balaban J connectivity index is 1.39. The summed E-state index contributed by atoms with van der Waals surface area (Å²) in [7, 11) is 0. The summed E-state index contributed by atoms with van der Waals surface area (Å²) in [5, 5.41) is 13.8. The van der Waals surface area contributed by atoms with Crippen LogP contribution in [0.2, 0.25) is 5.02 Å². The second-order valence-electron chi connectivity index (χ2n) is 7.81. The smallest absolute Gasteiger partial charge is 0.287 e. The Morgan fingerprint density at radius 3 is 3.03 bits per heavy atom. The number of aromatic nitrogens is 2. The standard InChI is InChI=1S/C22H20ClFN4O3S/c23-16-6-13(3-4-17(16)24)8-26-21(30)19-27-20(29)18-15(11-32-22(18)28-19)10-31-9-14-2-1-12(5-14)7-25/h3-4,6,11-12,14H,1-2,5,8-10H2,(H,26,30)(H,27,28,29). The molecule has 1 aliphatic rings. The molecular formula is C22H20ClFN4O3S. The number of fused-ring (bicyclic) bond motifs is 1. The third kappa shape index (κ3) is 4.99. The number of nitriles is 1. The van der Waals surface area contributed by atoms with Gasteiger partial charge < -0.3 is 15.0 Å². The van der Waals surface area contributed by atoms with Crippen molar-refractivity contribution in [1.82, 2.24) is 15.3 Å². The number of H-pyrrole nitrogens is 1. The van der Waals surface area contributed by atoms with Gasteiger partial charge >= 0.3 is 0 Å². The number of rotatable bonds is 7. The normalized spacial score (nSPS) is 18.0. The molecule has 0 bridgehead atoms. The van der Waals surface area contributed by atoms with Gasteiger partial charge in [0.2, 0.25) is 5.82 Å². The van der Waals surface area contributed by atoms with Crippen molar-refractivity contribution < 1.29 is 13.9 Å². The number of thiophene rings is 1. The van der Waals surface area contributed by atoms with Crippen molar-refractivity contribution in [2.75, 3.05) is 6.61 Å². The summed E-state index contributed by atoms with van der Waals surface area (Å²) in [6.07, 6.45) is 2.74. The average molecular weight is 475 g/mol. The Kier molecular flexibility index (Phi) is 6.84. The van der Waals surface area contributed by atoms with Crippen molar-refractivity contribution in [3.63, 3.8) is 0 Å². The highest BCUT2D eigenvalue weighted by atomic mass is 35.5. The van der Waals surface area contributed by atoms with E-state index < -0.39 is 17.3 Å². The number of halogens is 2. The maximum Gasteiger partial charge on any atom is 0.287 e. The Labute approximate surface area is 192 Å². The zero-order valence-electron chi connectivity index (χ0n) is 17.0. The van der Waals surface area contributed by atoms with E-state index >= 15 is 0 Å². The van der Waals surface area contributed by atoms with Crippen molar-refractivity contribution in [2.45, 2.75) is 32.4 Å². The molecule has 10 heteroatoms. The van der Waals surface area contributed by atoms with E-state index in [0.717, 1.165) is 24.8 Å². The number of hydrogen-bond acceptors (Lipinski definition) is 6. The zero-order valence-corrected chi connectivity index (χ0v) is 18.6. The first-order valence-electron chi connectivity index (χ1n) is 10.1. The van der Waals surface area contributed by atoms with E-state index in [1.807, 2.05) is 5.38 Å². The van der Waals surface area contributed by atoms with Crippen LogP contribution in [-0.2, 0) is 17.9 Å². The summed E-state index contributed by atoms with van der Waals surface area (Å²) in [5.41, 5.74) is 0.934. The van der Waals surface area contributed by atoms with E-state index in [1.54, 1.807) is 0 Å². The average Bonchev–Trinajstić information content (AvgIpc) is 3.41. The van der Waals surface area contributed by atoms with Gasteiger partial charge in [-0.15, -0.1) is 11.3 Å². The monoisotopic (exact) mass is 474 g/mol. The largest absolute Gasteiger partial charge is 0.376 e. The van der Waals surface area contributed by atoms with Gasteiger partial charge in [0.05, 0.1) is 23.1 Å². The predicted octanol–water partition coefficient (Wildman–Crippen LogP) is 4.16. The molecule has 166 valence electrons. The van der Waals surface area contributed by atoms with Crippen molar-refractivity contribution >= 4 is 39.1 Å². The van der Waals surface area contributed by atoms with Gasteiger partial charge in [-0.05, 0) is 48.3 Å². The minimum atomic E-state index is -0.552. The topological polar surface area (TPSA) is 108 Å². The highest BCUT2D eigenvalue weighted by Gasteiger charge is 2.24. The molecule has 32 heavy (non-hydrogen) atoms. The van der Waals surface area contributed by atoms with E-state index in [1.165, 1.54) is 29.5 Å². The first kappa shape index (κ1) is 22.4. The van der Waals surface area contributed by atoms with Crippen LogP contribution in [0.15, 0.2) is 28.4 Å².